The summed E-state index contributed by atoms with van der Waals surface area (Å²) in [6.45, 7) is 10.3. The number of nitrogens with zero attached hydrogens (tertiary/aromatic N) is 3. The molecule has 1 aliphatic rings. The Balaban J connectivity index is 0.00000196. The van der Waals surface area contributed by atoms with Crippen molar-refractivity contribution in [1.82, 2.24) is 15.1 Å². The summed E-state index contributed by atoms with van der Waals surface area (Å²) in [4.78, 5) is 14.6. The summed E-state index contributed by atoms with van der Waals surface area (Å²) in [6, 6.07) is 9.59. The first-order valence-corrected chi connectivity index (χ1v) is 9.01. The third-order valence-corrected chi connectivity index (χ3v) is 4.50. The molecule has 0 atom stereocenters. The number of nitrogens with one attached hydrogen (secondary N) is 3. The minimum atomic E-state index is -0.275. The monoisotopic (exact) mass is 428 g/mol. The minimum Gasteiger partial charge on any atom is -0.369 e. The van der Waals surface area contributed by atoms with Crippen LogP contribution < -0.4 is 20.9 Å². The minimum absolute atomic E-state index is 0. The van der Waals surface area contributed by atoms with E-state index >= 15 is 0 Å². The van der Waals surface area contributed by atoms with Crippen LogP contribution >= 0.6 is 24.8 Å². The molecule has 1 aromatic heterocycles. The fraction of sp³-hybridized carbons (Fsp3) is 0.474. The van der Waals surface area contributed by atoms with Gasteiger partial charge in [0.05, 0.1) is 5.69 Å². The van der Waals surface area contributed by atoms with Gasteiger partial charge in [-0.15, -0.1) is 24.8 Å². The number of benzene rings is 1. The molecule has 3 N–H and O–H groups in total. The lowest BCUT2D eigenvalue weighted by molar-refractivity contribution is 0.262. The second-order valence-electron chi connectivity index (χ2n) is 7.65. The SMILES string of the molecule is Cl.Cl.Cn1nc(C(C)(C)C)cc1NC(=O)Nc1ccc(N2CCNCC2)cc1. The van der Waals surface area contributed by atoms with E-state index < -0.39 is 0 Å². The maximum absolute atomic E-state index is 12.3. The maximum atomic E-state index is 12.3. The van der Waals surface area contributed by atoms with Gasteiger partial charge in [0.25, 0.3) is 0 Å². The van der Waals surface area contributed by atoms with Crippen molar-refractivity contribution in [3.8, 4) is 0 Å². The highest BCUT2D eigenvalue weighted by molar-refractivity contribution is 5.99. The maximum Gasteiger partial charge on any atom is 0.324 e. The summed E-state index contributed by atoms with van der Waals surface area (Å²) in [5.74, 6) is 0.671. The summed E-state index contributed by atoms with van der Waals surface area (Å²) < 4.78 is 1.69. The van der Waals surface area contributed by atoms with E-state index in [1.807, 2.05) is 37.4 Å². The fourth-order valence-corrected chi connectivity index (χ4v) is 2.91. The Morgan fingerprint density at radius 3 is 2.21 bits per heavy atom. The second-order valence-corrected chi connectivity index (χ2v) is 7.65. The Morgan fingerprint density at radius 1 is 1.07 bits per heavy atom. The van der Waals surface area contributed by atoms with Gasteiger partial charge in [-0.2, -0.15) is 5.10 Å². The van der Waals surface area contributed by atoms with Crippen molar-refractivity contribution >= 4 is 48.0 Å². The molecule has 2 amide bonds. The molecule has 3 rings (SSSR count). The number of hydrogen-bond acceptors (Lipinski definition) is 4. The molecule has 2 heterocycles. The highest BCUT2D eigenvalue weighted by atomic mass is 35.5. The van der Waals surface area contributed by atoms with E-state index in [9.17, 15) is 4.79 Å². The number of urea groups is 1. The molecule has 1 aromatic carbocycles. The lowest BCUT2D eigenvalue weighted by Gasteiger charge is -2.29. The molecule has 0 aliphatic carbocycles. The summed E-state index contributed by atoms with van der Waals surface area (Å²) in [5, 5.41) is 13.6. The highest BCUT2D eigenvalue weighted by Gasteiger charge is 2.19. The Bertz CT molecular complexity index is 764. The van der Waals surface area contributed by atoms with Gasteiger partial charge in [-0.1, -0.05) is 20.8 Å². The Labute approximate surface area is 179 Å². The van der Waals surface area contributed by atoms with Crippen LogP contribution in [-0.4, -0.2) is 42.0 Å². The van der Waals surface area contributed by atoms with Crippen LogP contribution in [0.3, 0.4) is 0 Å². The average molecular weight is 429 g/mol. The zero-order valence-electron chi connectivity index (χ0n) is 16.8. The van der Waals surface area contributed by atoms with Gasteiger partial charge in [0.1, 0.15) is 5.82 Å². The Hall–Kier alpha value is -1.96. The molecule has 28 heavy (non-hydrogen) atoms. The molecule has 0 unspecified atom stereocenters. The summed E-state index contributed by atoms with van der Waals surface area (Å²) in [7, 11) is 1.83. The van der Waals surface area contributed by atoms with E-state index in [1.165, 1.54) is 5.69 Å². The molecule has 1 fully saturated rings. The van der Waals surface area contributed by atoms with Crippen molar-refractivity contribution in [2.24, 2.45) is 7.05 Å². The number of aromatic nitrogens is 2. The average Bonchev–Trinajstić information content (AvgIpc) is 2.97. The third-order valence-electron chi connectivity index (χ3n) is 4.50. The summed E-state index contributed by atoms with van der Waals surface area (Å²) in [6.07, 6.45) is 0. The standard InChI is InChI=1S/C19H28N6O.2ClH/c1-19(2,3)16-13-17(24(4)23-16)22-18(26)21-14-5-7-15(8-6-14)25-11-9-20-10-12-25;;/h5-8,13,20H,9-12H2,1-4H3,(H2,21,22,26);2*1H. The molecule has 0 spiro atoms. The number of amides is 2. The summed E-state index contributed by atoms with van der Waals surface area (Å²) >= 11 is 0. The highest BCUT2D eigenvalue weighted by Crippen LogP contribution is 2.23. The van der Waals surface area contributed by atoms with Gasteiger partial charge in [-0.25, -0.2) is 4.79 Å². The van der Waals surface area contributed by atoms with Crippen LogP contribution in [0.4, 0.5) is 22.0 Å². The number of piperazine rings is 1. The zero-order chi connectivity index (χ0) is 18.7. The number of carbonyl (C=O) groups excluding carboxylic acids is 1. The van der Waals surface area contributed by atoms with Crippen LogP contribution in [0.1, 0.15) is 26.5 Å². The van der Waals surface area contributed by atoms with E-state index in [0.29, 0.717) is 5.82 Å². The number of hydrogen-bond donors (Lipinski definition) is 3. The van der Waals surface area contributed by atoms with E-state index in [1.54, 1.807) is 4.68 Å². The molecular formula is C19H30Cl2N6O. The smallest absolute Gasteiger partial charge is 0.324 e. The van der Waals surface area contributed by atoms with Crippen molar-refractivity contribution < 1.29 is 4.79 Å². The van der Waals surface area contributed by atoms with Gasteiger partial charge < -0.3 is 15.5 Å². The number of halogens is 2. The van der Waals surface area contributed by atoms with Gasteiger partial charge in [0, 0.05) is 56.1 Å². The first-order chi connectivity index (χ1) is 12.3. The van der Waals surface area contributed by atoms with E-state index in [-0.39, 0.29) is 36.3 Å². The van der Waals surface area contributed by atoms with E-state index in [2.05, 4.69) is 46.7 Å². The lowest BCUT2D eigenvalue weighted by Crippen LogP contribution is -2.43. The van der Waals surface area contributed by atoms with Gasteiger partial charge in [-0.3, -0.25) is 10.00 Å². The topological polar surface area (TPSA) is 74.2 Å². The molecule has 9 heteroatoms. The Kier molecular flexibility index (Phi) is 8.60. The predicted molar refractivity (Wildman–Crippen MR) is 121 cm³/mol. The van der Waals surface area contributed by atoms with E-state index in [4.69, 9.17) is 0 Å². The molecule has 0 saturated carbocycles. The number of rotatable bonds is 3. The fourth-order valence-electron chi connectivity index (χ4n) is 2.91. The molecule has 7 nitrogen and oxygen atoms in total. The molecule has 1 saturated heterocycles. The molecule has 0 radical (unpaired) electrons. The molecule has 2 aromatic rings. The number of aryl methyl sites for hydroxylation is 1. The van der Waals surface area contributed by atoms with Gasteiger partial charge in [-0.05, 0) is 24.3 Å². The van der Waals surface area contributed by atoms with Crippen LogP contribution in [0.5, 0.6) is 0 Å². The second kappa shape index (κ2) is 10.0. The van der Waals surface area contributed by atoms with Crippen molar-refractivity contribution in [2.75, 3.05) is 41.7 Å². The van der Waals surface area contributed by atoms with Crippen LogP contribution in [0.25, 0.3) is 0 Å². The van der Waals surface area contributed by atoms with Gasteiger partial charge >= 0.3 is 6.03 Å². The van der Waals surface area contributed by atoms with Crippen LogP contribution in [0, 0.1) is 0 Å². The quantitative estimate of drug-likeness (QED) is 0.697. The lowest BCUT2D eigenvalue weighted by atomic mass is 9.92. The van der Waals surface area contributed by atoms with Gasteiger partial charge in [0.15, 0.2) is 0 Å². The largest absolute Gasteiger partial charge is 0.369 e. The zero-order valence-corrected chi connectivity index (χ0v) is 18.4. The first kappa shape index (κ1) is 24.1. The number of carbonyl (C=O) groups is 1. The van der Waals surface area contributed by atoms with Crippen molar-refractivity contribution in [3.63, 3.8) is 0 Å². The summed E-state index contributed by atoms with van der Waals surface area (Å²) in [5.41, 5.74) is 2.82. The molecular weight excluding hydrogens is 399 g/mol. The Morgan fingerprint density at radius 2 is 1.68 bits per heavy atom. The normalized spacial score (nSPS) is 13.9. The number of anilines is 3. The predicted octanol–water partition coefficient (Wildman–Crippen LogP) is 3.61. The third kappa shape index (κ3) is 6.02. The molecule has 0 bridgehead atoms. The van der Waals surface area contributed by atoms with Crippen molar-refractivity contribution in [3.05, 3.63) is 36.0 Å². The van der Waals surface area contributed by atoms with E-state index in [0.717, 1.165) is 37.6 Å². The van der Waals surface area contributed by atoms with Crippen molar-refractivity contribution in [1.29, 1.82) is 0 Å². The molecule has 156 valence electrons. The van der Waals surface area contributed by atoms with Crippen LogP contribution in [-0.2, 0) is 12.5 Å². The van der Waals surface area contributed by atoms with Crippen molar-refractivity contribution in [2.45, 2.75) is 26.2 Å². The molecule has 1 aliphatic heterocycles. The first-order valence-electron chi connectivity index (χ1n) is 9.01. The van der Waals surface area contributed by atoms with Crippen LogP contribution in [0.15, 0.2) is 30.3 Å². The van der Waals surface area contributed by atoms with Gasteiger partial charge in [0.2, 0.25) is 0 Å². The van der Waals surface area contributed by atoms with Crippen LogP contribution in [0.2, 0.25) is 0 Å².